The summed E-state index contributed by atoms with van der Waals surface area (Å²) in [5.41, 5.74) is 3.06. The van der Waals surface area contributed by atoms with Crippen molar-refractivity contribution in [1.29, 1.82) is 0 Å². The first-order valence-electron chi connectivity index (χ1n) is 7.46. The molecule has 0 radical (unpaired) electrons. The molecule has 0 bridgehead atoms. The van der Waals surface area contributed by atoms with Crippen molar-refractivity contribution in [1.82, 2.24) is 9.30 Å². The van der Waals surface area contributed by atoms with Crippen LogP contribution in [0.25, 0.3) is 16.4 Å². The average molecular weight is 312 g/mol. The van der Waals surface area contributed by atoms with Crippen molar-refractivity contribution in [2.75, 3.05) is 27.7 Å². The molecule has 0 fully saturated rings. The molecule has 2 aromatic heterocycles. The van der Waals surface area contributed by atoms with Crippen LogP contribution < -0.4 is 0 Å². The van der Waals surface area contributed by atoms with Gasteiger partial charge in [-0.3, -0.25) is 0 Å². The highest BCUT2D eigenvalue weighted by Crippen LogP contribution is 2.29. The number of likely N-dealkylation sites (N-methyl/N-ethyl adjacent to an activating group) is 1. The molecule has 0 saturated heterocycles. The maximum atomic E-state index is 12.2. The third kappa shape index (κ3) is 2.69. The van der Waals surface area contributed by atoms with E-state index in [0.29, 0.717) is 12.1 Å². The van der Waals surface area contributed by atoms with Gasteiger partial charge in [0, 0.05) is 18.1 Å². The summed E-state index contributed by atoms with van der Waals surface area (Å²) in [7, 11) is 5.23. The first kappa shape index (κ1) is 15.5. The first-order chi connectivity index (χ1) is 11.0. The molecule has 0 amide bonds. The molecule has 0 saturated carbocycles. The van der Waals surface area contributed by atoms with Crippen LogP contribution in [0.3, 0.4) is 0 Å². The van der Waals surface area contributed by atoms with E-state index >= 15 is 0 Å². The standard InChI is InChI=1S/C18H20N2O3/c1-19(2)11-16(21)12-7-8-13-15(10-12)20-9-5-4-6-14(20)17(13)18(22)23-3/h4-10,16,21H,11H2,1-3H3. The van der Waals surface area contributed by atoms with Gasteiger partial charge >= 0.3 is 5.97 Å². The average Bonchev–Trinajstić information content (AvgIpc) is 2.87. The molecule has 0 aliphatic heterocycles. The normalized spacial score (nSPS) is 12.9. The number of carbonyl (C=O) groups is 1. The van der Waals surface area contributed by atoms with Crippen molar-refractivity contribution in [3.05, 3.63) is 53.7 Å². The Bertz CT molecular complexity index is 867. The number of pyridine rings is 1. The van der Waals surface area contributed by atoms with Crippen molar-refractivity contribution in [3.8, 4) is 0 Å². The lowest BCUT2D eigenvalue weighted by Gasteiger charge is -2.16. The monoisotopic (exact) mass is 312 g/mol. The van der Waals surface area contributed by atoms with Crippen LogP contribution in [0.4, 0.5) is 0 Å². The number of esters is 1. The second-order valence-electron chi connectivity index (χ2n) is 5.88. The molecule has 3 aromatic rings. The molecule has 3 rings (SSSR count). The van der Waals surface area contributed by atoms with E-state index in [-0.39, 0.29) is 5.97 Å². The van der Waals surface area contributed by atoms with Crippen LogP contribution in [0.15, 0.2) is 42.6 Å². The van der Waals surface area contributed by atoms with Crippen molar-refractivity contribution >= 4 is 22.4 Å². The smallest absolute Gasteiger partial charge is 0.340 e. The van der Waals surface area contributed by atoms with Gasteiger partial charge in [0.05, 0.1) is 29.8 Å². The first-order valence-corrected chi connectivity index (χ1v) is 7.46. The Balaban J connectivity index is 2.23. The van der Waals surface area contributed by atoms with Gasteiger partial charge in [0.2, 0.25) is 0 Å². The summed E-state index contributed by atoms with van der Waals surface area (Å²) in [5.74, 6) is -0.356. The van der Waals surface area contributed by atoms with Crippen molar-refractivity contribution in [2.24, 2.45) is 0 Å². The molecule has 1 N–H and O–H groups in total. The number of aromatic nitrogens is 1. The highest BCUT2D eigenvalue weighted by molar-refractivity contribution is 6.11. The number of carbonyl (C=O) groups excluding carboxylic acids is 1. The SMILES string of the molecule is COC(=O)c1c2ccc(C(O)CN(C)C)cc2n2ccccc12. The van der Waals surface area contributed by atoms with E-state index in [2.05, 4.69) is 0 Å². The van der Waals surface area contributed by atoms with Crippen LogP contribution in [-0.4, -0.2) is 48.1 Å². The molecule has 120 valence electrons. The van der Waals surface area contributed by atoms with Gasteiger partial charge in [-0.15, -0.1) is 0 Å². The molecule has 1 unspecified atom stereocenters. The predicted molar refractivity (Wildman–Crippen MR) is 89.8 cm³/mol. The number of aliphatic hydroxyl groups excluding tert-OH is 1. The fraction of sp³-hybridized carbons (Fsp3) is 0.278. The summed E-state index contributed by atoms with van der Waals surface area (Å²) in [6, 6.07) is 11.4. The minimum Gasteiger partial charge on any atom is -0.465 e. The van der Waals surface area contributed by atoms with Gasteiger partial charge < -0.3 is 19.1 Å². The fourth-order valence-corrected chi connectivity index (χ4v) is 2.93. The summed E-state index contributed by atoms with van der Waals surface area (Å²) >= 11 is 0. The molecular formula is C18H20N2O3. The molecule has 0 spiro atoms. The number of hydrogen-bond acceptors (Lipinski definition) is 4. The molecule has 1 atom stereocenters. The Hall–Kier alpha value is -2.37. The lowest BCUT2D eigenvalue weighted by atomic mass is 10.1. The zero-order valence-corrected chi connectivity index (χ0v) is 13.5. The lowest BCUT2D eigenvalue weighted by molar-refractivity contribution is 0.0605. The van der Waals surface area contributed by atoms with Crippen LogP contribution >= 0.6 is 0 Å². The zero-order valence-electron chi connectivity index (χ0n) is 13.5. The molecule has 5 nitrogen and oxygen atoms in total. The van der Waals surface area contributed by atoms with Crippen LogP contribution in [0.5, 0.6) is 0 Å². The zero-order chi connectivity index (χ0) is 16.6. The maximum Gasteiger partial charge on any atom is 0.340 e. The van der Waals surface area contributed by atoms with Crippen molar-refractivity contribution in [2.45, 2.75) is 6.10 Å². The Morgan fingerprint density at radius 1 is 1.26 bits per heavy atom. The lowest BCUT2D eigenvalue weighted by Crippen LogP contribution is -2.19. The summed E-state index contributed by atoms with van der Waals surface area (Å²) in [6.07, 6.45) is 1.33. The van der Waals surface area contributed by atoms with E-state index in [1.54, 1.807) is 0 Å². The van der Waals surface area contributed by atoms with Gasteiger partial charge in [0.25, 0.3) is 0 Å². The number of hydrogen-bond donors (Lipinski definition) is 1. The number of methoxy groups -OCH3 is 1. The number of fused-ring (bicyclic) bond motifs is 3. The van der Waals surface area contributed by atoms with Crippen LogP contribution in [0.2, 0.25) is 0 Å². The predicted octanol–water partition coefficient (Wildman–Crippen LogP) is 2.47. The van der Waals surface area contributed by atoms with E-state index in [1.165, 1.54) is 7.11 Å². The number of rotatable bonds is 4. The van der Waals surface area contributed by atoms with E-state index in [0.717, 1.165) is 22.0 Å². The van der Waals surface area contributed by atoms with Crippen LogP contribution in [0, 0.1) is 0 Å². The second kappa shape index (κ2) is 6.02. The number of ether oxygens (including phenoxy) is 1. The van der Waals surface area contributed by atoms with Crippen LogP contribution in [-0.2, 0) is 4.74 Å². The van der Waals surface area contributed by atoms with E-state index in [4.69, 9.17) is 4.74 Å². The summed E-state index contributed by atoms with van der Waals surface area (Å²) in [4.78, 5) is 14.1. The molecular weight excluding hydrogens is 292 g/mol. The van der Waals surface area contributed by atoms with Gasteiger partial charge in [-0.1, -0.05) is 18.2 Å². The minimum absolute atomic E-state index is 0.356. The quantitative estimate of drug-likeness (QED) is 0.752. The molecule has 0 aliphatic carbocycles. The Kier molecular flexibility index (Phi) is 4.07. The number of benzene rings is 1. The fourth-order valence-electron chi connectivity index (χ4n) is 2.93. The minimum atomic E-state index is -0.578. The van der Waals surface area contributed by atoms with E-state index in [9.17, 15) is 9.90 Å². The topological polar surface area (TPSA) is 54.2 Å². The Morgan fingerprint density at radius 3 is 2.74 bits per heavy atom. The summed E-state index contributed by atoms with van der Waals surface area (Å²) in [6.45, 7) is 0.540. The van der Waals surface area contributed by atoms with E-state index in [1.807, 2.05) is 66.0 Å². The third-order valence-electron chi connectivity index (χ3n) is 3.98. The van der Waals surface area contributed by atoms with Gasteiger partial charge in [-0.2, -0.15) is 0 Å². The van der Waals surface area contributed by atoms with Crippen molar-refractivity contribution < 1.29 is 14.6 Å². The molecule has 23 heavy (non-hydrogen) atoms. The number of aliphatic hydroxyl groups is 1. The summed E-state index contributed by atoms with van der Waals surface area (Å²) < 4.78 is 6.88. The molecule has 5 heteroatoms. The van der Waals surface area contributed by atoms with Gasteiger partial charge in [0.15, 0.2) is 0 Å². The Labute approximate surface area is 134 Å². The summed E-state index contributed by atoms with van der Waals surface area (Å²) in [5, 5.41) is 11.2. The highest BCUT2D eigenvalue weighted by atomic mass is 16.5. The van der Waals surface area contributed by atoms with E-state index < -0.39 is 6.10 Å². The maximum absolute atomic E-state index is 12.2. The number of nitrogens with zero attached hydrogens (tertiary/aromatic N) is 2. The highest BCUT2D eigenvalue weighted by Gasteiger charge is 2.19. The molecule has 1 aromatic carbocycles. The van der Waals surface area contributed by atoms with Gasteiger partial charge in [-0.05, 0) is 37.9 Å². The van der Waals surface area contributed by atoms with Crippen LogP contribution in [0.1, 0.15) is 22.0 Å². The van der Waals surface area contributed by atoms with Gasteiger partial charge in [-0.25, -0.2) is 4.79 Å². The molecule has 2 heterocycles. The molecule has 0 aliphatic rings. The Morgan fingerprint density at radius 2 is 2.04 bits per heavy atom. The third-order valence-corrected chi connectivity index (χ3v) is 3.98. The van der Waals surface area contributed by atoms with Crippen molar-refractivity contribution in [3.63, 3.8) is 0 Å². The second-order valence-corrected chi connectivity index (χ2v) is 5.88. The van der Waals surface area contributed by atoms with Gasteiger partial charge in [0.1, 0.15) is 0 Å². The largest absolute Gasteiger partial charge is 0.465 e.